The highest BCUT2D eigenvalue weighted by Gasteiger charge is 2.32. The molecule has 0 amide bonds. The lowest BCUT2D eigenvalue weighted by Gasteiger charge is -2.21. The lowest BCUT2D eigenvalue weighted by Crippen LogP contribution is -2.18. The molecule has 0 fully saturated rings. The molecule has 0 N–H and O–H groups in total. The molecule has 3 nitrogen and oxygen atoms in total. The first-order valence-corrected chi connectivity index (χ1v) is 12.5. The van der Waals surface area contributed by atoms with E-state index in [9.17, 15) is 0 Å². The van der Waals surface area contributed by atoms with Crippen LogP contribution in [0, 0.1) is 0 Å². The van der Waals surface area contributed by atoms with Gasteiger partial charge in [-0.2, -0.15) is 5.10 Å². The van der Waals surface area contributed by atoms with Gasteiger partial charge >= 0.3 is 0 Å². The van der Waals surface area contributed by atoms with E-state index in [1.807, 2.05) is 18.2 Å². The second-order valence-corrected chi connectivity index (χ2v) is 9.86. The molecule has 4 aromatic carbocycles. The number of nitrogens with zero attached hydrogens (tertiary/aromatic N) is 3. The summed E-state index contributed by atoms with van der Waals surface area (Å²) in [5.41, 5.74) is 5.59. The second-order valence-electron chi connectivity index (χ2n) is 8.11. The lowest BCUT2D eigenvalue weighted by atomic mass is 9.96. The maximum absolute atomic E-state index is 5.09. The van der Waals surface area contributed by atoms with Gasteiger partial charge in [0, 0.05) is 21.8 Å². The zero-order valence-corrected chi connectivity index (χ0v) is 20.1. The van der Waals surface area contributed by atoms with Gasteiger partial charge in [0.15, 0.2) is 0 Å². The predicted octanol–water partition coefficient (Wildman–Crippen LogP) is 8.08. The summed E-state index contributed by atoms with van der Waals surface area (Å²) in [6.45, 7) is 0. The van der Waals surface area contributed by atoms with Crippen LogP contribution >= 0.6 is 27.3 Å². The molecule has 5 aromatic rings. The lowest BCUT2D eigenvalue weighted by molar-refractivity contribution is 0.707. The van der Waals surface area contributed by atoms with Crippen LogP contribution in [-0.2, 0) is 0 Å². The van der Waals surface area contributed by atoms with Gasteiger partial charge in [0.2, 0.25) is 5.13 Å². The van der Waals surface area contributed by atoms with Gasteiger partial charge in [-0.25, -0.2) is 9.99 Å². The topological polar surface area (TPSA) is 28.5 Å². The molecule has 0 bridgehead atoms. The summed E-state index contributed by atoms with van der Waals surface area (Å²) in [7, 11) is 0. The first-order chi connectivity index (χ1) is 16.2. The number of thiazole rings is 1. The predicted molar refractivity (Wildman–Crippen MR) is 142 cm³/mol. The zero-order valence-electron chi connectivity index (χ0n) is 17.7. The first kappa shape index (κ1) is 20.3. The van der Waals surface area contributed by atoms with Crippen molar-refractivity contribution >= 4 is 48.9 Å². The van der Waals surface area contributed by atoms with Gasteiger partial charge in [0.1, 0.15) is 0 Å². The summed E-state index contributed by atoms with van der Waals surface area (Å²) < 4.78 is 1.07. The van der Waals surface area contributed by atoms with Crippen LogP contribution in [-0.4, -0.2) is 10.7 Å². The third kappa shape index (κ3) is 3.99. The van der Waals surface area contributed by atoms with Gasteiger partial charge in [-0.05, 0) is 40.1 Å². The van der Waals surface area contributed by atoms with Crippen molar-refractivity contribution < 1.29 is 0 Å². The molecular formula is C28H20BrN3S. The van der Waals surface area contributed by atoms with Gasteiger partial charge in [-0.15, -0.1) is 11.3 Å². The summed E-state index contributed by atoms with van der Waals surface area (Å²) in [5.74, 6) is 0. The summed E-state index contributed by atoms with van der Waals surface area (Å²) in [6.07, 6.45) is 0.834. The van der Waals surface area contributed by atoms with Crippen molar-refractivity contribution in [3.05, 3.63) is 118 Å². The number of fused-ring (bicyclic) bond motifs is 1. The van der Waals surface area contributed by atoms with E-state index < -0.39 is 0 Å². The molecule has 0 aliphatic carbocycles. The minimum absolute atomic E-state index is 0.100. The Kier molecular flexibility index (Phi) is 5.29. The molecule has 1 aliphatic rings. The zero-order chi connectivity index (χ0) is 22.2. The quantitative estimate of drug-likeness (QED) is 0.245. The smallest absolute Gasteiger partial charge is 0.207 e. The molecule has 0 spiro atoms. The van der Waals surface area contributed by atoms with Gasteiger partial charge in [0.25, 0.3) is 0 Å². The normalized spacial score (nSPS) is 15.7. The molecule has 1 atom stereocenters. The van der Waals surface area contributed by atoms with Crippen molar-refractivity contribution in [3.63, 3.8) is 0 Å². The van der Waals surface area contributed by atoms with Crippen LogP contribution in [0.15, 0.2) is 112 Å². The van der Waals surface area contributed by atoms with E-state index in [1.165, 1.54) is 16.3 Å². The number of aromatic nitrogens is 1. The van der Waals surface area contributed by atoms with Crippen molar-refractivity contribution in [3.8, 4) is 11.3 Å². The number of hydrazone groups is 1. The number of benzene rings is 4. The van der Waals surface area contributed by atoms with Crippen LogP contribution in [0.4, 0.5) is 5.13 Å². The average molecular weight is 510 g/mol. The Morgan fingerprint density at radius 3 is 2.36 bits per heavy atom. The number of hydrogen-bond acceptors (Lipinski definition) is 4. The third-order valence-electron chi connectivity index (χ3n) is 6.00. The van der Waals surface area contributed by atoms with Crippen LogP contribution in [0.1, 0.15) is 23.6 Å². The standard InChI is InChI=1S/C28H20BrN3S/c29-24-14-12-21(13-15-24)25-17-27(23-11-10-19-6-4-5-9-22(19)16-23)32(31-25)28-30-26(18-33-28)20-7-2-1-3-8-20/h1-16,18,27H,17H2. The molecule has 6 rings (SSSR count). The molecule has 0 radical (unpaired) electrons. The Bertz CT molecular complexity index is 1460. The Hall–Kier alpha value is -3.28. The van der Waals surface area contributed by atoms with E-state index in [1.54, 1.807) is 11.3 Å². The molecule has 0 saturated carbocycles. The van der Waals surface area contributed by atoms with Gasteiger partial charge in [-0.3, -0.25) is 0 Å². The summed E-state index contributed by atoms with van der Waals surface area (Å²) in [4.78, 5) is 4.97. The van der Waals surface area contributed by atoms with Gasteiger partial charge in [-0.1, -0.05) is 94.8 Å². The minimum atomic E-state index is 0.100. The molecule has 1 unspecified atom stereocenters. The number of hydrogen-bond donors (Lipinski definition) is 0. The summed E-state index contributed by atoms with van der Waals surface area (Å²) in [6, 6.07) is 34.0. The van der Waals surface area contributed by atoms with Crippen molar-refractivity contribution in [2.75, 3.05) is 5.01 Å². The SMILES string of the molecule is Brc1ccc(C2=NN(c3nc(-c4ccccc4)cs3)C(c3ccc4ccccc4c3)C2)cc1. The first-order valence-electron chi connectivity index (χ1n) is 10.9. The van der Waals surface area contributed by atoms with E-state index in [-0.39, 0.29) is 6.04 Å². The monoisotopic (exact) mass is 509 g/mol. The Balaban J connectivity index is 1.42. The Morgan fingerprint density at radius 2 is 1.55 bits per heavy atom. The fourth-order valence-corrected chi connectivity index (χ4v) is 5.39. The molecule has 33 heavy (non-hydrogen) atoms. The minimum Gasteiger partial charge on any atom is -0.231 e. The van der Waals surface area contributed by atoms with E-state index in [0.717, 1.165) is 38.6 Å². The van der Waals surface area contributed by atoms with E-state index in [0.29, 0.717) is 0 Å². The van der Waals surface area contributed by atoms with Crippen LogP contribution in [0.3, 0.4) is 0 Å². The van der Waals surface area contributed by atoms with Gasteiger partial charge in [0.05, 0.1) is 17.4 Å². The molecule has 1 aliphatic heterocycles. The second kappa shape index (κ2) is 8.58. The molecule has 0 saturated heterocycles. The summed E-state index contributed by atoms with van der Waals surface area (Å²) in [5, 5.41) is 12.7. The highest BCUT2D eigenvalue weighted by Crippen LogP contribution is 2.40. The Labute approximate surface area is 205 Å². The fourth-order valence-electron chi connectivity index (χ4n) is 4.29. The van der Waals surface area contributed by atoms with E-state index in [4.69, 9.17) is 10.1 Å². The van der Waals surface area contributed by atoms with Crippen molar-refractivity contribution in [1.29, 1.82) is 0 Å². The number of anilines is 1. The molecule has 2 heterocycles. The highest BCUT2D eigenvalue weighted by atomic mass is 79.9. The van der Waals surface area contributed by atoms with E-state index in [2.05, 4.69) is 105 Å². The van der Waals surface area contributed by atoms with Crippen LogP contribution in [0.25, 0.3) is 22.0 Å². The van der Waals surface area contributed by atoms with Crippen molar-refractivity contribution in [2.24, 2.45) is 5.10 Å². The van der Waals surface area contributed by atoms with Crippen LogP contribution < -0.4 is 5.01 Å². The van der Waals surface area contributed by atoms with E-state index >= 15 is 0 Å². The molecule has 160 valence electrons. The maximum atomic E-state index is 5.09. The van der Waals surface area contributed by atoms with Crippen LogP contribution in [0.5, 0.6) is 0 Å². The Morgan fingerprint density at radius 1 is 0.788 bits per heavy atom. The summed E-state index contributed by atoms with van der Waals surface area (Å²) >= 11 is 5.18. The molecule has 5 heteroatoms. The van der Waals surface area contributed by atoms with Gasteiger partial charge < -0.3 is 0 Å². The highest BCUT2D eigenvalue weighted by molar-refractivity contribution is 9.10. The number of rotatable bonds is 4. The fraction of sp³-hybridized carbons (Fsp3) is 0.0714. The largest absolute Gasteiger partial charge is 0.231 e. The average Bonchev–Trinajstić information content (AvgIpc) is 3.53. The third-order valence-corrected chi connectivity index (χ3v) is 7.36. The molecule has 1 aromatic heterocycles. The number of halogens is 1. The maximum Gasteiger partial charge on any atom is 0.207 e. The van der Waals surface area contributed by atoms with Crippen molar-refractivity contribution in [2.45, 2.75) is 12.5 Å². The van der Waals surface area contributed by atoms with Crippen molar-refractivity contribution in [1.82, 2.24) is 4.98 Å². The molecular weight excluding hydrogens is 490 g/mol. The van der Waals surface area contributed by atoms with Crippen LogP contribution in [0.2, 0.25) is 0 Å².